The lowest BCUT2D eigenvalue weighted by Crippen LogP contribution is -2.41. The number of aromatic nitrogens is 2. The minimum absolute atomic E-state index is 0.0130. The number of rotatable bonds is 4. The first kappa shape index (κ1) is 18.4. The molecular formula is C20H28N4O3. The molecule has 4 rings (SSSR count). The van der Waals surface area contributed by atoms with Gasteiger partial charge in [-0.15, -0.1) is 0 Å². The molecule has 3 heterocycles. The SMILES string of the molecule is Cc1cc(C(C)N)c2nc(N3CCOCC3)n(CC3CCOC3)c(=O)c2c1. The molecule has 1 aromatic heterocycles. The van der Waals surface area contributed by atoms with Gasteiger partial charge in [-0.2, -0.15) is 0 Å². The number of nitrogens with zero attached hydrogens (tertiary/aromatic N) is 3. The maximum absolute atomic E-state index is 13.5. The molecule has 7 nitrogen and oxygen atoms in total. The number of fused-ring (bicyclic) bond motifs is 1. The van der Waals surface area contributed by atoms with Crippen molar-refractivity contribution in [3.05, 3.63) is 33.6 Å². The fourth-order valence-corrected chi connectivity index (χ4v) is 3.99. The summed E-state index contributed by atoms with van der Waals surface area (Å²) in [5.41, 5.74) is 8.89. The van der Waals surface area contributed by atoms with Gasteiger partial charge >= 0.3 is 0 Å². The summed E-state index contributed by atoms with van der Waals surface area (Å²) in [6.45, 7) is 8.80. The first-order valence-corrected chi connectivity index (χ1v) is 9.75. The van der Waals surface area contributed by atoms with E-state index in [9.17, 15) is 4.79 Å². The van der Waals surface area contributed by atoms with Crippen LogP contribution in [0.2, 0.25) is 0 Å². The first-order chi connectivity index (χ1) is 13.0. The number of nitrogens with two attached hydrogens (primary N) is 1. The van der Waals surface area contributed by atoms with Crippen molar-refractivity contribution in [1.82, 2.24) is 9.55 Å². The number of hydrogen-bond acceptors (Lipinski definition) is 6. The van der Waals surface area contributed by atoms with Gasteiger partial charge in [0.25, 0.3) is 5.56 Å². The van der Waals surface area contributed by atoms with E-state index in [4.69, 9.17) is 20.2 Å². The second-order valence-electron chi connectivity index (χ2n) is 7.70. The van der Waals surface area contributed by atoms with E-state index >= 15 is 0 Å². The lowest BCUT2D eigenvalue weighted by Gasteiger charge is -2.30. The fourth-order valence-electron chi connectivity index (χ4n) is 3.99. The summed E-state index contributed by atoms with van der Waals surface area (Å²) in [6, 6.07) is 3.79. The predicted octanol–water partition coefficient (Wildman–Crippen LogP) is 1.60. The van der Waals surface area contributed by atoms with Crippen molar-refractivity contribution < 1.29 is 9.47 Å². The predicted molar refractivity (Wildman–Crippen MR) is 105 cm³/mol. The van der Waals surface area contributed by atoms with Gasteiger partial charge in [0.15, 0.2) is 0 Å². The van der Waals surface area contributed by atoms with Crippen LogP contribution in [-0.4, -0.2) is 49.1 Å². The van der Waals surface area contributed by atoms with E-state index in [1.807, 2.05) is 30.5 Å². The average molecular weight is 372 g/mol. The van der Waals surface area contributed by atoms with Gasteiger partial charge in [0.1, 0.15) is 0 Å². The quantitative estimate of drug-likeness (QED) is 0.878. The average Bonchev–Trinajstić information content (AvgIpc) is 3.17. The van der Waals surface area contributed by atoms with Gasteiger partial charge in [-0.25, -0.2) is 4.98 Å². The number of benzene rings is 1. The monoisotopic (exact) mass is 372 g/mol. The molecule has 2 unspecified atom stereocenters. The van der Waals surface area contributed by atoms with Gasteiger partial charge in [-0.05, 0) is 37.5 Å². The molecule has 0 aliphatic carbocycles. The van der Waals surface area contributed by atoms with E-state index < -0.39 is 0 Å². The summed E-state index contributed by atoms with van der Waals surface area (Å²) in [5.74, 6) is 1.08. The van der Waals surface area contributed by atoms with Crippen molar-refractivity contribution in [3.63, 3.8) is 0 Å². The highest BCUT2D eigenvalue weighted by Gasteiger charge is 2.24. The largest absolute Gasteiger partial charge is 0.381 e. The van der Waals surface area contributed by atoms with Crippen molar-refractivity contribution in [2.24, 2.45) is 11.7 Å². The molecule has 2 fully saturated rings. The Morgan fingerprint density at radius 2 is 2.04 bits per heavy atom. The van der Waals surface area contributed by atoms with Crippen molar-refractivity contribution in [2.45, 2.75) is 32.9 Å². The van der Waals surface area contributed by atoms with Gasteiger partial charge in [0.2, 0.25) is 5.95 Å². The number of ether oxygens (including phenoxy) is 2. The topological polar surface area (TPSA) is 82.6 Å². The van der Waals surface area contributed by atoms with Crippen LogP contribution in [0.1, 0.15) is 30.5 Å². The van der Waals surface area contributed by atoms with Gasteiger partial charge in [0.05, 0.1) is 30.7 Å². The van der Waals surface area contributed by atoms with Crippen LogP contribution < -0.4 is 16.2 Å². The maximum atomic E-state index is 13.5. The molecule has 146 valence electrons. The van der Waals surface area contributed by atoms with E-state index in [-0.39, 0.29) is 11.6 Å². The van der Waals surface area contributed by atoms with Crippen LogP contribution in [0.15, 0.2) is 16.9 Å². The molecule has 2 aliphatic heterocycles. The Labute approximate surface area is 159 Å². The normalized spacial score (nSPS) is 21.7. The number of morpholine rings is 1. The third-order valence-corrected chi connectivity index (χ3v) is 5.46. The molecule has 1 aromatic carbocycles. The molecule has 2 aliphatic rings. The van der Waals surface area contributed by atoms with Gasteiger partial charge < -0.3 is 20.1 Å². The Bertz CT molecular complexity index is 881. The zero-order chi connectivity index (χ0) is 19.0. The van der Waals surface area contributed by atoms with E-state index in [0.29, 0.717) is 37.7 Å². The lowest BCUT2D eigenvalue weighted by atomic mass is 10.0. The zero-order valence-corrected chi connectivity index (χ0v) is 16.1. The molecule has 7 heteroatoms. The Kier molecular flexibility index (Phi) is 5.16. The summed E-state index contributed by atoms with van der Waals surface area (Å²) >= 11 is 0. The highest BCUT2D eigenvalue weighted by molar-refractivity contribution is 5.83. The van der Waals surface area contributed by atoms with Crippen LogP contribution in [0.5, 0.6) is 0 Å². The lowest BCUT2D eigenvalue weighted by molar-refractivity contribution is 0.121. The molecule has 27 heavy (non-hydrogen) atoms. The molecule has 0 spiro atoms. The molecule has 0 amide bonds. The highest BCUT2D eigenvalue weighted by atomic mass is 16.5. The molecule has 0 radical (unpaired) electrons. The van der Waals surface area contributed by atoms with Crippen molar-refractivity contribution >= 4 is 16.9 Å². The van der Waals surface area contributed by atoms with Gasteiger partial charge in [-0.3, -0.25) is 9.36 Å². The second kappa shape index (κ2) is 7.58. The molecule has 0 bridgehead atoms. The van der Waals surface area contributed by atoms with Crippen LogP contribution in [0.3, 0.4) is 0 Å². The molecule has 2 aromatic rings. The second-order valence-corrected chi connectivity index (χ2v) is 7.70. The Morgan fingerprint density at radius 1 is 1.26 bits per heavy atom. The Morgan fingerprint density at radius 3 is 2.70 bits per heavy atom. The third kappa shape index (κ3) is 3.59. The molecular weight excluding hydrogens is 344 g/mol. The molecule has 0 saturated carbocycles. The summed E-state index contributed by atoms with van der Waals surface area (Å²) in [5, 5.41) is 0.651. The number of anilines is 1. The standard InChI is InChI=1S/C20H28N4O3/c1-13-9-16(14(2)21)18-17(10-13)19(25)24(11-15-3-6-27-12-15)20(22-18)23-4-7-26-8-5-23/h9-10,14-15H,3-8,11-12,21H2,1-2H3. The van der Waals surface area contributed by atoms with Gasteiger partial charge in [-0.1, -0.05) is 6.07 Å². The Balaban J connectivity index is 1.91. The minimum Gasteiger partial charge on any atom is -0.381 e. The smallest absolute Gasteiger partial charge is 0.262 e. The zero-order valence-electron chi connectivity index (χ0n) is 16.1. The van der Waals surface area contributed by atoms with Crippen LogP contribution >= 0.6 is 0 Å². The maximum Gasteiger partial charge on any atom is 0.262 e. The van der Waals surface area contributed by atoms with Crippen molar-refractivity contribution in [1.29, 1.82) is 0 Å². The van der Waals surface area contributed by atoms with E-state index in [1.54, 1.807) is 0 Å². The number of aryl methyl sites for hydroxylation is 1. The van der Waals surface area contributed by atoms with Crippen molar-refractivity contribution in [2.75, 3.05) is 44.4 Å². The minimum atomic E-state index is -0.184. The van der Waals surface area contributed by atoms with E-state index in [0.717, 1.165) is 48.7 Å². The van der Waals surface area contributed by atoms with E-state index in [1.165, 1.54) is 0 Å². The number of hydrogen-bond donors (Lipinski definition) is 1. The highest BCUT2D eigenvalue weighted by Crippen LogP contribution is 2.26. The molecule has 2 N–H and O–H groups in total. The molecule has 2 atom stereocenters. The van der Waals surface area contributed by atoms with Crippen LogP contribution in [0.25, 0.3) is 10.9 Å². The molecule has 2 saturated heterocycles. The summed E-state index contributed by atoms with van der Waals surface area (Å²) in [7, 11) is 0. The summed E-state index contributed by atoms with van der Waals surface area (Å²) in [4.78, 5) is 20.6. The van der Waals surface area contributed by atoms with E-state index in [2.05, 4.69) is 4.90 Å². The fraction of sp³-hybridized carbons (Fsp3) is 0.600. The summed E-state index contributed by atoms with van der Waals surface area (Å²) < 4.78 is 12.9. The summed E-state index contributed by atoms with van der Waals surface area (Å²) in [6.07, 6.45) is 0.978. The van der Waals surface area contributed by atoms with Crippen LogP contribution in [-0.2, 0) is 16.0 Å². The Hall–Kier alpha value is -1.96. The third-order valence-electron chi connectivity index (χ3n) is 5.46. The van der Waals surface area contributed by atoms with Crippen molar-refractivity contribution in [3.8, 4) is 0 Å². The van der Waals surface area contributed by atoms with Crippen LogP contribution in [0, 0.1) is 12.8 Å². The van der Waals surface area contributed by atoms with Crippen LogP contribution in [0.4, 0.5) is 5.95 Å². The van der Waals surface area contributed by atoms with Gasteiger partial charge in [0, 0.05) is 38.2 Å². The first-order valence-electron chi connectivity index (χ1n) is 9.75.